The van der Waals surface area contributed by atoms with Gasteiger partial charge in [0.05, 0.1) is 0 Å². The van der Waals surface area contributed by atoms with Crippen molar-refractivity contribution in [1.29, 1.82) is 0 Å². The summed E-state index contributed by atoms with van der Waals surface area (Å²) >= 11 is 0. The molecule has 0 rings (SSSR count). The van der Waals surface area contributed by atoms with E-state index < -0.39 is 0 Å². The Balaban J connectivity index is 3.62. The van der Waals surface area contributed by atoms with Crippen molar-refractivity contribution < 1.29 is 0 Å². The van der Waals surface area contributed by atoms with Crippen LogP contribution in [-0.4, -0.2) is 6.04 Å². The minimum absolute atomic E-state index is 0.323. The highest BCUT2D eigenvalue weighted by Gasteiger charge is 2.18. The third-order valence-corrected chi connectivity index (χ3v) is 2.14. The van der Waals surface area contributed by atoms with Gasteiger partial charge in [0.1, 0.15) is 0 Å². The van der Waals surface area contributed by atoms with Crippen molar-refractivity contribution in [1.82, 2.24) is 0 Å². The van der Waals surface area contributed by atoms with Gasteiger partial charge in [-0.3, -0.25) is 0 Å². The van der Waals surface area contributed by atoms with E-state index >= 15 is 0 Å². The molecule has 0 aromatic rings. The van der Waals surface area contributed by atoms with Crippen molar-refractivity contribution in [2.45, 2.75) is 52.5 Å². The topological polar surface area (TPSA) is 26.0 Å². The van der Waals surface area contributed by atoms with E-state index in [-0.39, 0.29) is 0 Å². The molecule has 0 bridgehead atoms. The van der Waals surface area contributed by atoms with Gasteiger partial charge >= 0.3 is 0 Å². The highest BCUT2D eigenvalue weighted by Crippen LogP contribution is 2.28. The SMILES string of the molecule is C=CCCCC(C)(C)CC(C)N. The quantitative estimate of drug-likeness (QED) is 0.480. The summed E-state index contributed by atoms with van der Waals surface area (Å²) in [5.41, 5.74) is 6.16. The van der Waals surface area contributed by atoms with E-state index in [2.05, 4.69) is 27.4 Å². The van der Waals surface area contributed by atoms with Crippen LogP contribution in [0.1, 0.15) is 46.5 Å². The van der Waals surface area contributed by atoms with Crippen LogP contribution >= 0.6 is 0 Å². The summed E-state index contributed by atoms with van der Waals surface area (Å²) in [7, 11) is 0. The van der Waals surface area contributed by atoms with Crippen LogP contribution in [0.5, 0.6) is 0 Å². The summed E-state index contributed by atoms with van der Waals surface area (Å²) in [6.45, 7) is 10.4. The fraction of sp³-hybridized carbons (Fsp3) is 0.818. The molecule has 2 N–H and O–H groups in total. The smallest absolute Gasteiger partial charge is 0.00155 e. The average molecular weight is 169 g/mol. The van der Waals surface area contributed by atoms with Gasteiger partial charge < -0.3 is 5.73 Å². The zero-order valence-electron chi connectivity index (χ0n) is 8.77. The first-order valence-electron chi connectivity index (χ1n) is 4.84. The van der Waals surface area contributed by atoms with Crippen molar-refractivity contribution in [2.24, 2.45) is 11.1 Å². The second-order valence-corrected chi connectivity index (χ2v) is 4.53. The summed E-state index contributed by atoms with van der Waals surface area (Å²) < 4.78 is 0. The summed E-state index contributed by atoms with van der Waals surface area (Å²) in [6.07, 6.45) is 6.72. The van der Waals surface area contributed by atoms with Gasteiger partial charge in [-0.15, -0.1) is 6.58 Å². The molecule has 0 aliphatic heterocycles. The fourth-order valence-corrected chi connectivity index (χ4v) is 1.70. The van der Waals surface area contributed by atoms with Gasteiger partial charge in [-0.25, -0.2) is 0 Å². The zero-order valence-corrected chi connectivity index (χ0v) is 8.77. The lowest BCUT2D eigenvalue weighted by atomic mass is 9.81. The van der Waals surface area contributed by atoms with Crippen molar-refractivity contribution >= 4 is 0 Å². The molecule has 0 aliphatic rings. The first kappa shape index (κ1) is 11.7. The largest absolute Gasteiger partial charge is 0.328 e. The number of unbranched alkanes of at least 4 members (excludes halogenated alkanes) is 1. The predicted octanol–water partition coefficient (Wildman–Crippen LogP) is 3.11. The lowest BCUT2D eigenvalue weighted by Gasteiger charge is -2.26. The van der Waals surface area contributed by atoms with Gasteiger partial charge in [0, 0.05) is 6.04 Å². The molecule has 0 amide bonds. The highest BCUT2D eigenvalue weighted by atomic mass is 14.6. The summed E-state index contributed by atoms with van der Waals surface area (Å²) in [5.74, 6) is 0. The van der Waals surface area contributed by atoms with Crippen LogP contribution in [0.15, 0.2) is 12.7 Å². The van der Waals surface area contributed by atoms with Crippen molar-refractivity contribution in [3.05, 3.63) is 12.7 Å². The van der Waals surface area contributed by atoms with Gasteiger partial charge in [-0.2, -0.15) is 0 Å². The number of allylic oxidation sites excluding steroid dienone is 1. The maximum Gasteiger partial charge on any atom is 0.00155 e. The Morgan fingerprint density at radius 1 is 1.50 bits per heavy atom. The standard InChI is InChI=1S/C11H23N/c1-5-6-7-8-11(3,4)9-10(2)12/h5,10H,1,6-9,12H2,2-4H3. The van der Waals surface area contributed by atoms with Crippen molar-refractivity contribution in [3.63, 3.8) is 0 Å². The third kappa shape index (κ3) is 6.41. The molecule has 0 aliphatic carbocycles. The van der Waals surface area contributed by atoms with E-state index in [9.17, 15) is 0 Å². The number of hydrogen-bond donors (Lipinski definition) is 1. The number of nitrogens with two attached hydrogens (primary N) is 1. The Kier molecular flexibility index (Phi) is 5.23. The van der Waals surface area contributed by atoms with E-state index in [1.54, 1.807) is 0 Å². The molecule has 0 spiro atoms. The van der Waals surface area contributed by atoms with Crippen LogP contribution in [0.2, 0.25) is 0 Å². The molecule has 1 unspecified atom stereocenters. The Hall–Kier alpha value is -0.300. The van der Waals surface area contributed by atoms with Gasteiger partial charge in [-0.05, 0) is 38.0 Å². The molecular formula is C11H23N. The molecule has 0 saturated heterocycles. The molecule has 1 nitrogen and oxygen atoms in total. The van der Waals surface area contributed by atoms with E-state index in [0.717, 1.165) is 12.8 Å². The Morgan fingerprint density at radius 3 is 2.50 bits per heavy atom. The van der Waals surface area contributed by atoms with Crippen molar-refractivity contribution in [2.75, 3.05) is 0 Å². The van der Waals surface area contributed by atoms with Crippen LogP contribution in [0.4, 0.5) is 0 Å². The lowest BCUT2D eigenvalue weighted by Crippen LogP contribution is -2.24. The van der Waals surface area contributed by atoms with Crippen LogP contribution in [0.25, 0.3) is 0 Å². The average Bonchev–Trinajstić information content (AvgIpc) is 1.84. The molecular weight excluding hydrogens is 146 g/mol. The molecule has 0 aromatic heterocycles. The van der Waals surface area contributed by atoms with E-state index in [4.69, 9.17) is 5.73 Å². The monoisotopic (exact) mass is 169 g/mol. The normalized spacial score (nSPS) is 14.3. The Labute approximate surface area is 77.0 Å². The molecule has 12 heavy (non-hydrogen) atoms. The molecule has 0 saturated carbocycles. The maximum absolute atomic E-state index is 5.76. The summed E-state index contributed by atoms with van der Waals surface area (Å²) in [4.78, 5) is 0. The summed E-state index contributed by atoms with van der Waals surface area (Å²) in [6, 6.07) is 0.323. The number of hydrogen-bond acceptors (Lipinski definition) is 1. The Bertz CT molecular complexity index is 125. The van der Waals surface area contributed by atoms with Gasteiger partial charge in [0.25, 0.3) is 0 Å². The second kappa shape index (κ2) is 5.36. The summed E-state index contributed by atoms with van der Waals surface area (Å²) in [5, 5.41) is 0. The molecule has 0 fully saturated rings. The third-order valence-electron chi connectivity index (χ3n) is 2.14. The predicted molar refractivity (Wildman–Crippen MR) is 56.1 cm³/mol. The van der Waals surface area contributed by atoms with Gasteiger partial charge in [0.15, 0.2) is 0 Å². The molecule has 1 atom stereocenters. The first-order chi connectivity index (χ1) is 5.48. The van der Waals surface area contributed by atoms with Crippen molar-refractivity contribution in [3.8, 4) is 0 Å². The molecule has 72 valence electrons. The molecule has 0 heterocycles. The van der Waals surface area contributed by atoms with Gasteiger partial charge in [-0.1, -0.05) is 19.9 Å². The van der Waals surface area contributed by atoms with Crippen LogP contribution in [0, 0.1) is 5.41 Å². The minimum atomic E-state index is 0.323. The Morgan fingerprint density at radius 2 is 2.08 bits per heavy atom. The first-order valence-corrected chi connectivity index (χ1v) is 4.84. The second-order valence-electron chi connectivity index (χ2n) is 4.53. The van der Waals surface area contributed by atoms with Crippen LogP contribution in [0.3, 0.4) is 0 Å². The molecule has 1 heteroatoms. The number of rotatable bonds is 6. The van der Waals surface area contributed by atoms with E-state index in [1.807, 2.05) is 6.08 Å². The van der Waals surface area contributed by atoms with Crippen LogP contribution < -0.4 is 5.73 Å². The molecule has 0 aromatic carbocycles. The highest BCUT2D eigenvalue weighted by molar-refractivity contribution is 4.75. The van der Waals surface area contributed by atoms with Crippen LogP contribution in [-0.2, 0) is 0 Å². The van der Waals surface area contributed by atoms with Gasteiger partial charge in [0.2, 0.25) is 0 Å². The fourth-order valence-electron chi connectivity index (χ4n) is 1.70. The maximum atomic E-state index is 5.76. The van der Waals surface area contributed by atoms with E-state index in [0.29, 0.717) is 11.5 Å². The van der Waals surface area contributed by atoms with E-state index in [1.165, 1.54) is 12.8 Å². The molecule has 0 radical (unpaired) electrons. The minimum Gasteiger partial charge on any atom is -0.328 e. The zero-order chi connectivity index (χ0) is 9.61. The lowest BCUT2D eigenvalue weighted by molar-refractivity contribution is 0.281.